The van der Waals surface area contributed by atoms with Gasteiger partial charge in [0.2, 0.25) is 0 Å². The minimum atomic E-state index is 0.625. The van der Waals surface area contributed by atoms with E-state index < -0.39 is 0 Å². The predicted molar refractivity (Wildman–Crippen MR) is 77.3 cm³/mol. The Bertz CT molecular complexity index is 364. The molecule has 1 aliphatic rings. The molecule has 18 heavy (non-hydrogen) atoms. The first-order valence-electron chi connectivity index (χ1n) is 7.29. The van der Waals surface area contributed by atoms with Crippen LogP contribution >= 0.6 is 0 Å². The van der Waals surface area contributed by atoms with Crippen molar-refractivity contribution in [1.29, 1.82) is 0 Å². The molecule has 0 heterocycles. The van der Waals surface area contributed by atoms with Crippen LogP contribution in [0.5, 0.6) is 5.75 Å². The summed E-state index contributed by atoms with van der Waals surface area (Å²) in [7, 11) is 0. The zero-order chi connectivity index (χ0) is 12.8. The van der Waals surface area contributed by atoms with Crippen LogP contribution in [0, 0.1) is 5.92 Å². The fraction of sp³-hybridized carbons (Fsp3) is 0.625. The van der Waals surface area contributed by atoms with Crippen LogP contribution in [0.25, 0.3) is 0 Å². The van der Waals surface area contributed by atoms with Crippen LogP contribution in [0.1, 0.15) is 46.0 Å². The second-order valence-corrected chi connectivity index (χ2v) is 5.39. The van der Waals surface area contributed by atoms with E-state index in [1.54, 1.807) is 0 Å². The summed E-state index contributed by atoms with van der Waals surface area (Å²) in [6.45, 7) is 5.28. The fourth-order valence-corrected chi connectivity index (χ4v) is 2.64. The van der Waals surface area contributed by atoms with Gasteiger partial charge < -0.3 is 10.1 Å². The number of hydrogen-bond donors (Lipinski definition) is 1. The van der Waals surface area contributed by atoms with Crippen LogP contribution in [0.4, 0.5) is 5.69 Å². The Morgan fingerprint density at radius 2 is 2.11 bits per heavy atom. The lowest BCUT2D eigenvalue weighted by Gasteiger charge is -2.30. The maximum atomic E-state index is 5.67. The highest BCUT2D eigenvalue weighted by Crippen LogP contribution is 2.27. The summed E-state index contributed by atoms with van der Waals surface area (Å²) >= 11 is 0. The Morgan fingerprint density at radius 3 is 2.89 bits per heavy atom. The van der Waals surface area contributed by atoms with Gasteiger partial charge in [-0.15, -0.1) is 0 Å². The van der Waals surface area contributed by atoms with Gasteiger partial charge in [-0.25, -0.2) is 0 Å². The Morgan fingerprint density at radius 1 is 1.28 bits per heavy atom. The topological polar surface area (TPSA) is 21.3 Å². The quantitative estimate of drug-likeness (QED) is 0.829. The molecule has 0 aromatic heterocycles. The molecule has 2 rings (SSSR count). The van der Waals surface area contributed by atoms with E-state index in [9.17, 15) is 0 Å². The molecule has 2 unspecified atom stereocenters. The molecule has 1 aromatic carbocycles. The van der Waals surface area contributed by atoms with Crippen LogP contribution < -0.4 is 10.1 Å². The lowest BCUT2D eigenvalue weighted by molar-refractivity contribution is 0.317. The van der Waals surface area contributed by atoms with Gasteiger partial charge in [0.25, 0.3) is 0 Å². The van der Waals surface area contributed by atoms with E-state index in [4.69, 9.17) is 4.74 Å². The van der Waals surface area contributed by atoms with Crippen molar-refractivity contribution in [2.45, 2.75) is 52.0 Å². The van der Waals surface area contributed by atoms with Crippen LogP contribution in [0.2, 0.25) is 0 Å². The molecule has 1 N–H and O–H groups in total. The minimum Gasteiger partial charge on any atom is -0.494 e. The molecule has 0 radical (unpaired) electrons. The third kappa shape index (κ3) is 3.66. The Hall–Kier alpha value is -1.18. The first-order valence-corrected chi connectivity index (χ1v) is 7.29. The van der Waals surface area contributed by atoms with Crippen molar-refractivity contribution < 1.29 is 4.74 Å². The summed E-state index contributed by atoms with van der Waals surface area (Å²) in [5, 5.41) is 3.67. The maximum Gasteiger partial charge on any atom is 0.121 e. The Balaban J connectivity index is 1.95. The highest BCUT2D eigenvalue weighted by molar-refractivity contribution is 5.49. The van der Waals surface area contributed by atoms with E-state index in [0.29, 0.717) is 6.04 Å². The Labute approximate surface area is 111 Å². The average Bonchev–Trinajstić information content (AvgIpc) is 2.40. The van der Waals surface area contributed by atoms with Crippen molar-refractivity contribution in [2.75, 3.05) is 11.9 Å². The van der Waals surface area contributed by atoms with Crippen molar-refractivity contribution in [3.63, 3.8) is 0 Å². The third-order valence-corrected chi connectivity index (χ3v) is 3.77. The standard InChI is InChI=1S/C16H25NO/c1-3-11-18-15-9-6-8-14(12-15)17-16-10-5-4-7-13(16)2/h6,8-9,12-13,16-17H,3-5,7,10-11H2,1-2H3. The molecule has 2 atom stereocenters. The van der Waals surface area contributed by atoms with Crippen LogP contribution in [-0.2, 0) is 0 Å². The van der Waals surface area contributed by atoms with Crippen molar-refractivity contribution in [3.05, 3.63) is 24.3 Å². The molecule has 1 saturated carbocycles. The molecule has 100 valence electrons. The molecule has 1 aliphatic carbocycles. The van der Waals surface area contributed by atoms with E-state index in [1.165, 1.54) is 31.4 Å². The number of benzene rings is 1. The largest absolute Gasteiger partial charge is 0.494 e. The zero-order valence-electron chi connectivity index (χ0n) is 11.6. The Kier molecular flexibility index (Phi) is 4.91. The van der Waals surface area contributed by atoms with E-state index in [-0.39, 0.29) is 0 Å². The number of hydrogen-bond acceptors (Lipinski definition) is 2. The summed E-state index contributed by atoms with van der Waals surface area (Å²) < 4.78 is 5.67. The second-order valence-electron chi connectivity index (χ2n) is 5.39. The second kappa shape index (κ2) is 6.67. The van der Waals surface area contributed by atoms with E-state index >= 15 is 0 Å². The zero-order valence-corrected chi connectivity index (χ0v) is 11.6. The SMILES string of the molecule is CCCOc1cccc(NC2CCCCC2C)c1. The van der Waals surface area contributed by atoms with Gasteiger partial charge in [-0.1, -0.05) is 32.8 Å². The molecule has 1 fully saturated rings. The van der Waals surface area contributed by atoms with Crippen molar-refractivity contribution in [1.82, 2.24) is 0 Å². The van der Waals surface area contributed by atoms with E-state index in [0.717, 1.165) is 24.7 Å². The lowest BCUT2D eigenvalue weighted by atomic mass is 9.86. The number of nitrogens with one attached hydrogen (secondary N) is 1. The minimum absolute atomic E-state index is 0.625. The molecule has 0 spiro atoms. The third-order valence-electron chi connectivity index (χ3n) is 3.77. The smallest absolute Gasteiger partial charge is 0.121 e. The molecule has 0 aliphatic heterocycles. The van der Waals surface area contributed by atoms with Gasteiger partial charge in [0.05, 0.1) is 6.61 Å². The molecule has 1 aromatic rings. The summed E-state index contributed by atoms with van der Waals surface area (Å²) in [6.07, 6.45) is 6.44. The number of ether oxygens (including phenoxy) is 1. The predicted octanol–water partition coefficient (Wildman–Crippen LogP) is 4.47. The van der Waals surface area contributed by atoms with Crippen molar-refractivity contribution >= 4 is 5.69 Å². The summed E-state index contributed by atoms with van der Waals surface area (Å²) in [4.78, 5) is 0. The van der Waals surface area contributed by atoms with Gasteiger partial charge in [0, 0.05) is 17.8 Å². The summed E-state index contributed by atoms with van der Waals surface area (Å²) in [5.74, 6) is 1.75. The molecule has 0 bridgehead atoms. The highest BCUT2D eigenvalue weighted by atomic mass is 16.5. The number of rotatable bonds is 5. The van der Waals surface area contributed by atoms with Gasteiger partial charge in [-0.3, -0.25) is 0 Å². The summed E-state index contributed by atoms with van der Waals surface area (Å²) in [6, 6.07) is 8.99. The molecule has 0 amide bonds. The number of anilines is 1. The molecular weight excluding hydrogens is 222 g/mol. The van der Waals surface area contributed by atoms with Crippen LogP contribution in [-0.4, -0.2) is 12.6 Å². The van der Waals surface area contributed by atoms with Crippen LogP contribution in [0.15, 0.2) is 24.3 Å². The molecular formula is C16H25NO. The molecule has 2 heteroatoms. The van der Waals surface area contributed by atoms with E-state index in [1.807, 2.05) is 6.07 Å². The van der Waals surface area contributed by atoms with Gasteiger partial charge >= 0.3 is 0 Å². The maximum absolute atomic E-state index is 5.67. The van der Waals surface area contributed by atoms with Gasteiger partial charge in [0.15, 0.2) is 0 Å². The van der Waals surface area contributed by atoms with Gasteiger partial charge in [-0.2, -0.15) is 0 Å². The van der Waals surface area contributed by atoms with Crippen molar-refractivity contribution in [2.24, 2.45) is 5.92 Å². The summed E-state index contributed by atoms with van der Waals surface area (Å²) in [5.41, 5.74) is 1.20. The normalized spacial score (nSPS) is 23.7. The average molecular weight is 247 g/mol. The monoisotopic (exact) mass is 247 g/mol. The first kappa shape index (κ1) is 13.3. The molecule has 0 saturated heterocycles. The van der Waals surface area contributed by atoms with Gasteiger partial charge in [0.1, 0.15) is 5.75 Å². The van der Waals surface area contributed by atoms with Crippen LogP contribution in [0.3, 0.4) is 0 Å². The van der Waals surface area contributed by atoms with Crippen molar-refractivity contribution in [3.8, 4) is 5.75 Å². The molecule has 2 nitrogen and oxygen atoms in total. The fourth-order valence-electron chi connectivity index (χ4n) is 2.64. The van der Waals surface area contributed by atoms with Gasteiger partial charge in [-0.05, 0) is 37.3 Å². The highest BCUT2D eigenvalue weighted by Gasteiger charge is 2.20. The first-order chi connectivity index (χ1) is 8.79. The van der Waals surface area contributed by atoms with E-state index in [2.05, 4.69) is 37.4 Å². The lowest BCUT2D eigenvalue weighted by Crippen LogP contribution is -2.30.